The van der Waals surface area contributed by atoms with Crippen molar-refractivity contribution in [3.05, 3.63) is 29.8 Å². The topological polar surface area (TPSA) is 88.4 Å². The molecule has 6 heteroatoms. The van der Waals surface area contributed by atoms with E-state index in [4.69, 9.17) is 9.47 Å². The first-order valence-corrected chi connectivity index (χ1v) is 8.10. The van der Waals surface area contributed by atoms with E-state index in [1.165, 1.54) is 0 Å². The van der Waals surface area contributed by atoms with Gasteiger partial charge in [-0.25, -0.2) is 0 Å². The molecule has 0 atom stereocenters. The summed E-state index contributed by atoms with van der Waals surface area (Å²) in [6.07, 6.45) is 3.19. The Bertz CT molecular complexity index is 630. The van der Waals surface area contributed by atoms with Crippen molar-refractivity contribution in [3.8, 4) is 11.8 Å². The van der Waals surface area contributed by atoms with Gasteiger partial charge in [-0.15, -0.1) is 0 Å². The number of nitrogens with zero attached hydrogens (tertiary/aromatic N) is 1. The Hall–Kier alpha value is -2.55. The first-order chi connectivity index (χ1) is 11.5. The number of nitriles is 1. The highest BCUT2D eigenvalue weighted by atomic mass is 16.5. The molecule has 1 aliphatic rings. The lowest BCUT2D eigenvalue weighted by atomic mass is 10.00. The van der Waals surface area contributed by atoms with Gasteiger partial charge < -0.3 is 14.8 Å². The van der Waals surface area contributed by atoms with E-state index >= 15 is 0 Å². The van der Waals surface area contributed by atoms with Gasteiger partial charge in [-0.3, -0.25) is 9.59 Å². The average Bonchev–Trinajstić information content (AvgIpc) is 3.02. The Labute approximate surface area is 141 Å². The summed E-state index contributed by atoms with van der Waals surface area (Å²) in [6.45, 7) is 1.77. The van der Waals surface area contributed by atoms with Crippen LogP contribution in [0.15, 0.2) is 24.3 Å². The van der Waals surface area contributed by atoms with Gasteiger partial charge in [0.05, 0.1) is 19.1 Å². The number of aryl methyl sites for hydroxylation is 1. The first-order valence-electron chi connectivity index (χ1n) is 8.10. The molecule has 1 saturated carbocycles. The molecule has 6 nitrogen and oxygen atoms in total. The van der Waals surface area contributed by atoms with E-state index in [0.717, 1.165) is 18.4 Å². The van der Waals surface area contributed by atoms with Crippen molar-refractivity contribution in [2.75, 3.05) is 13.2 Å². The molecule has 0 radical (unpaired) electrons. The molecule has 0 saturated heterocycles. The monoisotopic (exact) mass is 330 g/mol. The number of nitrogens with one attached hydrogen (secondary N) is 1. The number of benzene rings is 1. The van der Waals surface area contributed by atoms with Crippen molar-refractivity contribution in [1.82, 2.24) is 5.32 Å². The molecular weight excluding hydrogens is 308 g/mol. The SMILES string of the molecule is Cc1cccc(OCCC(=O)OCC(=O)NC2(C#N)CCCC2)c1. The van der Waals surface area contributed by atoms with Crippen LogP contribution in [0.1, 0.15) is 37.7 Å². The van der Waals surface area contributed by atoms with Gasteiger partial charge in [0.1, 0.15) is 11.3 Å². The fourth-order valence-corrected chi connectivity index (χ4v) is 2.72. The summed E-state index contributed by atoms with van der Waals surface area (Å²) in [5.41, 5.74) is 0.280. The van der Waals surface area contributed by atoms with Crippen molar-refractivity contribution in [2.24, 2.45) is 0 Å². The van der Waals surface area contributed by atoms with Gasteiger partial charge in [0.2, 0.25) is 0 Å². The summed E-state index contributed by atoms with van der Waals surface area (Å²) in [5.74, 6) is -0.251. The zero-order chi connectivity index (χ0) is 17.4. The number of carbonyl (C=O) groups excluding carboxylic acids is 2. The standard InChI is InChI=1S/C18H22N2O4/c1-14-5-4-6-15(11-14)23-10-7-17(22)24-12-16(21)20-18(13-19)8-2-3-9-18/h4-6,11H,2-3,7-10,12H2,1H3,(H,20,21). The van der Waals surface area contributed by atoms with E-state index in [2.05, 4.69) is 11.4 Å². The second-order valence-corrected chi connectivity index (χ2v) is 6.02. The van der Waals surface area contributed by atoms with Gasteiger partial charge in [-0.2, -0.15) is 5.26 Å². The molecule has 0 bridgehead atoms. The summed E-state index contributed by atoms with van der Waals surface area (Å²) in [7, 11) is 0. The summed E-state index contributed by atoms with van der Waals surface area (Å²) >= 11 is 0. The fraction of sp³-hybridized carbons (Fsp3) is 0.500. The molecule has 1 N–H and O–H groups in total. The smallest absolute Gasteiger partial charge is 0.309 e. The van der Waals surface area contributed by atoms with E-state index < -0.39 is 17.4 Å². The predicted molar refractivity (Wildman–Crippen MR) is 87.2 cm³/mol. The van der Waals surface area contributed by atoms with Crippen molar-refractivity contribution >= 4 is 11.9 Å². The van der Waals surface area contributed by atoms with Crippen LogP contribution < -0.4 is 10.1 Å². The highest BCUT2D eigenvalue weighted by Crippen LogP contribution is 2.28. The van der Waals surface area contributed by atoms with Crippen molar-refractivity contribution in [1.29, 1.82) is 5.26 Å². The molecule has 24 heavy (non-hydrogen) atoms. The predicted octanol–water partition coefficient (Wildman–Crippen LogP) is 2.26. The van der Waals surface area contributed by atoms with Crippen LogP contribution in [-0.4, -0.2) is 30.6 Å². The zero-order valence-electron chi connectivity index (χ0n) is 13.8. The largest absolute Gasteiger partial charge is 0.493 e. The molecule has 1 aromatic rings. The normalized spacial score (nSPS) is 15.3. The molecule has 1 aliphatic carbocycles. The highest BCUT2D eigenvalue weighted by Gasteiger charge is 2.35. The van der Waals surface area contributed by atoms with Gasteiger partial charge in [0, 0.05) is 0 Å². The molecule has 0 spiro atoms. The van der Waals surface area contributed by atoms with Gasteiger partial charge in [-0.05, 0) is 50.3 Å². The van der Waals surface area contributed by atoms with E-state index in [9.17, 15) is 14.9 Å². The molecule has 1 aromatic carbocycles. The second-order valence-electron chi connectivity index (χ2n) is 6.02. The molecule has 1 amide bonds. The molecule has 0 aliphatic heterocycles. The molecular formula is C18H22N2O4. The first kappa shape index (κ1) is 17.8. The Kier molecular flexibility index (Phi) is 6.19. The Morgan fingerprint density at radius 2 is 2.08 bits per heavy atom. The maximum atomic E-state index is 11.8. The average molecular weight is 330 g/mol. The Balaban J connectivity index is 1.66. The molecule has 1 fully saturated rings. The number of hydrogen-bond donors (Lipinski definition) is 1. The minimum atomic E-state index is -0.794. The fourth-order valence-electron chi connectivity index (χ4n) is 2.72. The minimum absolute atomic E-state index is 0.0601. The third kappa shape index (κ3) is 5.27. The van der Waals surface area contributed by atoms with Crippen molar-refractivity contribution in [3.63, 3.8) is 0 Å². The summed E-state index contributed by atoms with van der Waals surface area (Å²) < 4.78 is 10.4. The van der Waals surface area contributed by atoms with Crippen LogP contribution in [-0.2, 0) is 14.3 Å². The maximum Gasteiger partial charge on any atom is 0.309 e. The van der Waals surface area contributed by atoms with E-state index in [-0.39, 0.29) is 19.6 Å². The minimum Gasteiger partial charge on any atom is -0.493 e. The number of ether oxygens (including phenoxy) is 2. The summed E-state index contributed by atoms with van der Waals surface area (Å²) in [6, 6.07) is 9.68. The van der Waals surface area contributed by atoms with Crippen molar-refractivity contribution < 1.29 is 19.1 Å². The van der Waals surface area contributed by atoms with Crippen LogP contribution in [0.5, 0.6) is 5.75 Å². The lowest BCUT2D eigenvalue weighted by Crippen LogP contribution is -2.46. The number of rotatable bonds is 7. The van der Waals surface area contributed by atoms with Crippen LogP contribution in [0.25, 0.3) is 0 Å². The van der Waals surface area contributed by atoms with Crippen LogP contribution in [0.3, 0.4) is 0 Å². The summed E-state index contributed by atoms with van der Waals surface area (Å²) in [4.78, 5) is 23.5. The van der Waals surface area contributed by atoms with Crippen LogP contribution in [0, 0.1) is 18.3 Å². The zero-order valence-corrected chi connectivity index (χ0v) is 13.8. The maximum absolute atomic E-state index is 11.8. The van der Waals surface area contributed by atoms with Gasteiger partial charge in [0.25, 0.3) is 5.91 Å². The van der Waals surface area contributed by atoms with Crippen molar-refractivity contribution in [2.45, 2.75) is 44.6 Å². The lowest BCUT2D eigenvalue weighted by Gasteiger charge is -2.21. The highest BCUT2D eigenvalue weighted by molar-refractivity contribution is 5.81. The molecule has 128 valence electrons. The quantitative estimate of drug-likeness (QED) is 0.775. The third-order valence-electron chi connectivity index (χ3n) is 3.98. The van der Waals surface area contributed by atoms with E-state index in [1.54, 1.807) is 0 Å². The number of amides is 1. The van der Waals surface area contributed by atoms with Crippen LogP contribution in [0.4, 0.5) is 0 Å². The molecule has 0 heterocycles. The number of esters is 1. The Morgan fingerprint density at radius 3 is 2.75 bits per heavy atom. The summed E-state index contributed by atoms with van der Waals surface area (Å²) in [5, 5.41) is 11.9. The van der Waals surface area contributed by atoms with E-state index in [0.29, 0.717) is 18.6 Å². The molecule has 0 aromatic heterocycles. The van der Waals surface area contributed by atoms with E-state index in [1.807, 2.05) is 31.2 Å². The third-order valence-corrected chi connectivity index (χ3v) is 3.98. The number of hydrogen-bond acceptors (Lipinski definition) is 5. The van der Waals surface area contributed by atoms with Gasteiger partial charge in [-0.1, -0.05) is 12.1 Å². The molecule has 2 rings (SSSR count). The van der Waals surface area contributed by atoms with Gasteiger partial charge >= 0.3 is 5.97 Å². The lowest BCUT2D eigenvalue weighted by molar-refractivity contribution is -0.149. The van der Waals surface area contributed by atoms with Crippen LogP contribution >= 0.6 is 0 Å². The Morgan fingerprint density at radius 1 is 1.33 bits per heavy atom. The molecule has 0 unspecified atom stereocenters. The van der Waals surface area contributed by atoms with Gasteiger partial charge in [0.15, 0.2) is 6.61 Å². The van der Waals surface area contributed by atoms with Crippen LogP contribution in [0.2, 0.25) is 0 Å². The second kappa shape index (κ2) is 8.34. The number of carbonyl (C=O) groups is 2.